The third-order valence-electron chi connectivity index (χ3n) is 2.33. The number of carbonyl (C=O) groups is 1. The van der Waals surface area contributed by atoms with E-state index < -0.39 is 11.8 Å². The van der Waals surface area contributed by atoms with Gasteiger partial charge in [-0.15, -0.1) is 0 Å². The van der Waals surface area contributed by atoms with Gasteiger partial charge in [0, 0.05) is 6.08 Å². The largest absolute Gasteiger partial charge is 0.494 e. The van der Waals surface area contributed by atoms with Gasteiger partial charge >= 0.3 is 5.97 Å². The number of halogens is 1. The Morgan fingerprint density at radius 1 is 1.44 bits per heavy atom. The SMILES string of the molecule is CCCCOC(=O)/C=C/c1ccc(OC)c(F)c1. The van der Waals surface area contributed by atoms with Gasteiger partial charge in [0.05, 0.1) is 13.7 Å². The molecule has 3 nitrogen and oxygen atoms in total. The van der Waals surface area contributed by atoms with Crippen molar-refractivity contribution in [1.82, 2.24) is 0 Å². The maximum absolute atomic E-state index is 13.3. The van der Waals surface area contributed by atoms with Gasteiger partial charge in [0.15, 0.2) is 11.6 Å². The number of hydrogen-bond donors (Lipinski definition) is 0. The van der Waals surface area contributed by atoms with E-state index in [1.54, 1.807) is 6.07 Å². The molecule has 1 aromatic carbocycles. The third-order valence-corrected chi connectivity index (χ3v) is 2.33. The number of hydrogen-bond acceptors (Lipinski definition) is 3. The van der Waals surface area contributed by atoms with Gasteiger partial charge in [0.1, 0.15) is 0 Å². The van der Waals surface area contributed by atoms with Crippen molar-refractivity contribution >= 4 is 12.0 Å². The van der Waals surface area contributed by atoms with E-state index in [2.05, 4.69) is 0 Å². The van der Waals surface area contributed by atoms with Crippen molar-refractivity contribution in [3.8, 4) is 5.75 Å². The molecule has 0 saturated carbocycles. The van der Waals surface area contributed by atoms with Crippen molar-refractivity contribution in [3.05, 3.63) is 35.7 Å². The number of ether oxygens (including phenoxy) is 2. The van der Waals surface area contributed by atoms with E-state index in [-0.39, 0.29) is 5.75 Å². The Morgan fingerprint density at radius 3 is 2.83 bits per heavy atom. The lowest BCUT2D eigenvalue weighted by atomic mass is 10.2. The van der Waals surface area contributed by atoms with E-state index in [0.717, 1.165) is 12.8 Å². The molecule has 0 atom stereocenters. The number of carbonyl (C=O) groups excluding carboxylic acids is 1. The molecule has 0 spiro atoms. The van der Waals surface area contributed by atoms with Crippen molar-refractivity contribution in [1.29, 1.82) is 0 Å². The van der Waals surface area contributed by atoms with Crippen LogP contribution in [0.1, 0.15) is 25.3 Å². The maximum Gasteiger partial charge on any atom is 0.330 e. The average Bonchev–Trinajstić information content (AvgIpc) is 2.37. The number of rotatable bonds is 6. The summed E-state index contributed by atoms with van der Waals surface area (Å²) in [5, 5.41) is 0. The standard InChI is InChI=1S/C14H17FO3/c1-3-4-9-18-14(16)8-6-11-5-7-13(17-2)12(15)10-11/h5-8,10H,3-4,9H2,1-2H3/b8-6+. The molecule has 0 bridgehead atoms. The van der Waals surface area contributed by atoms with Crippen molar-refractivity contribution in [2.75, 3.05) is 13.7 Å². The summed E-state index contributed by atoms with van der Waals surface area (Å²) in [7, 11) is 1.40. The van der Waals surface area contributed by atoms with Gasteiger partial charge in [-0.05, 0) is 30.2 Å². The van der Waals surface area contributed by atoms with Crippen LogP contribution < -0.4 is 4.74 Å². The van der Waals surface area contributed by atoms with Gasteiger partial charge < -0.3 is 9.47 Å². The first-order valence-electron chi connectivity index (χ1n) is 5.85. The summed E-state index contributed by atoms with van der Waals surface area (Å²) >= 11 is 0. The maximum atomic E-state index is 13.3. The van der Waals surface area contributed by atoms with E-state index in [4.69, 9.17) is 9.47 Å². The fraction of sp³-hybridized carbons (Fsp3) is 0.357. The zero-order valence-electron chi connectivity index (χ0n) is 10.6. The summed E-state index contributed by atoms with van der Waals surface area (Å²) in [6, 6.07) is 4.48. The van der Waals surface area contributed by atoms with E-state index in [0.29, 0.717) is 12.2 Å². The molecule has 0 aliphatic heterocycles. The molecule has 0 amide bonds. The molecule has 0 heterocycles. The van der Waals surface area contributed by atoms with E-state index in [1.165, 1.54) is 31.4 Å². The van der Waals surface area contributed by atoms with Gasteiger partial charge in [-0.2, -0.15) is 0 Å². The van der Waals surface area contributed by atoms with Gasteiger partial charge in [-0.1, -0.05) is 19.4 Å². The van der Waals surface area contributed by atoms with Gasteiger partial charge in [-0.3, -0.25) is 0 Å². The fourth-order valence-corrected chi connectivity index (χ4v) is 1.32. The quantitative estimate of drug-likeness (QED) is 0.443. The van der Waals surface area contributed by atoms with Crippen molar-refractivity contribution in [2.24, 2.45) is 0 Å². The minimum Gasteiger partial charge on any atom is -0.494 e. The average molecular weight is 252 g/mol. The highest BCUT2D eigenvalue weighted by atomic mass is 19.1. The summed E-state index contributed by atoms with van der Waals surface area (Å²) in [5.41, 5.74) is 0.584. The zero-order chi connectivity index (χ0) is 13.4. The molecule has 0 radical (unpaired) electrons. The van der Waals surface area contributed by atoms with Crippen LogP contribution in [0.25, 0.3) is 6.08 Å². The van der Waals surface area contributed by atoms with Crippen LogP contribution in [0.4, 0.5) is 4.39 Å². The minimum absolute atomic E-state index is 0.178. The van der Waals surface area contributed by atoms with Gasteiger partial charge in [0.25, 0.3) is 0 Å². The topological polar surface area (TPSA) is 35.5 Å². The Balaban J connectivity index is 2.56. The predicted octanol–water partition coefficient (Wildman–Crippen LogP) is 3.19. The van der Waals surface area contributed by atoms with Gasteiger partial charge in [0.2, 0.25) is 0 Å². The van der Waals surface area contributed by atoms with Crippen LogP contribution >= 0.6 is 0 Å². The fourth-order valence-electron chi connectivity index (χ4n) is 1.32. The number of methoxy groups -OCH3 is 1. The van der Waals surface area contributed by atoms with E-state index >= 15 is 0 Å². The monoisotopic (exact) mass is 252 g/mol. The summed E-state index contributed by atoms with van der Waals surface area (Å²) < 4.78 is 23.1. The minimum atomic E-state index is -0.459. The first-order chi connectivity index (χ1) is 8.67. The lowest BCUT2D eigenvalue weighted by molar-refractivity contribution is -0.137. The van der Waals surface area contributed by atoms with Crippen LogP contribution in [0.5, 0.6) is 5.75 Å². The molecule has 0 fully saturated rings. The highest BCUT2D eigenvalue weighted by molar-refractivity contribution is 5.87. The molecular formula is C14H17FO3. The van der Waals surface area contributed by atoms with E-state index in [1.807, 2.05) is 6.92 Å². The van der Waals surface area contributed by atoms with Crippen LogP contribution in [0.15, 0.2) is 24.3 Å². The molecule has 0 aromatic heterocycles. The Bertz CT molecular complexity index is 427. The highest BCUT2D eigenvalue weighted by Gasteiger charge is 2.02. The first-order valence-corrected chi connectivity index (χ1v) is 5.85. The summed E-state index contributed by atoms with van der Waals surface area (Å²) in [6.07, 6.45) is 4.62. The molecule has 0 aliphatic rings. The van der Waals surface area contributed by atoms with Crippen molar-refractivity contribution in [3.63, 3.8) is 0 Å². The van der Waals surface area contributed by atoms with Crippen LogP contribution in [0.2, 0.25) is 0 Å². The predicted molar refractivity (Wildman–Crippen MR) is 67.9 cm³/mol. The zero-order valence-corrected chi connectivity index (χ0v) is 10.6. The summed E-state index contributed by atoms with van der Waals surface area (Å²) in [4.78, 5) is 11.3. The molecular weight excluding hydrogens is 235 g/mol. The molecule has 0 unspecified atom stereocenters. The number of esters is 1. The Labute approximate surface area is 106 Å². The second-order valence-corrected chi connectivity index (χ2v) is 3.75. The second-order valence-electron chi connectivity index (χ2n) is 3.75. The number of benzene rings is 1. The van der Waals surface area contributed by atoms with Crippen molar-refractivity contribution in [2.45, 2.75) is 19.8 Å². The second kappa shape index (κ2) is 7.48. The summed E-state index contributed by atoms with van der Waals surface area (Å²) in [6.45, 7) is 2.43. The van der Waals surface area contributed by atoms with Crippen molar-refractivity contribution < 1.29 is 18.7 Å². The van der Waals surface area contributed by atoms with Gasteiger partial charge in [-0.25, -0.2) is 9.18 Å². The third kappa shape index (κ3) is 4.57. The highest BCUT2D eigenvalue weighted by Crippen LogP contribution is 2.18. The molecule has 1 rings (SSSR count). The molecule has 0 N–H and O–H groups in total. The van der Waals surface area contributed by atoms with Crippen LogP contribution in [-0.4, -0.2) is 19.7 Å². The van der Waals surface area contributed by atoms with E-state index in [9.17, 15) is 9.18 Å². The molecule has 0 saturated heterocycles. The normalized spacial score (nSPS) is 10.6. The first kappa shape index (κ1) is 14.2. The van der Waals surface area contributed by atoms with Crippen LogP contribution in [0.3, 0.4) is 0 Å². The lowest BCUT2D eigenvalue weighted by Crippen LogP contribution is -2.01. The molecule has 98 valence electrons. The van der Waals surface area contributed by atoms with Crippen LogP contribution in [0, 0.1) is 5.82 Å². The molecule has 1 aromatic rings. The molecule has 18 heavy (non-hydrogen) atoms. The Morgan fingerprint density at radius 2 is 2.22 bits per heavy atom. The Hall–Kier alpha value is -1.84. The molecule has 4 heteroatoms. The smallest absolute Gasteiger partial charge is 0.330 e. The molecule has 0 aliphatic carbocycles. The Kier molecular flexibility index (Phi) is 5.91. The number of unbranched alkanes of at least 4 members (excludes halogenated alkanes) is 1. The summed E-state index contributed by atoms with van der Waals surface area (Å²) in [5.74, 6) is -0.698. The lowest BCUT2D eigenvalue weighted by Gasteiger charge is -2.02. The van der Waals surface area contributed by atoms with Crippen LogP contribution in [-0.2, 0) is 9.53 Å².